The molecular formula is C14H18FeO2. The van der Waals surface area contributed by atoms with Crippen molar-refractivity contribution in [2.45, 2.75) is 26.1 Å². The van der Waals surface area contributed by atoms with Gasteiger partial charge in [-0.25, -0.2) is 0 Å². The second-order valence-corrected chi connectivity index (χ2v) is 3.79. The quantitative estimate of drug-likeness (QED) is 0.750. The van der Waals surface area contributed by atoms with E-state index >= 15 is 0 Å². The average molecular weight is 274 g/mol. The molecule has 2 aliphatic carbocycles. The molecule has 0 aliphatic heterocycles. The Balaban J connectivity index is 0.000000284. The summed E-state index contributed by atoms with van der Waals surface area (Å²) in [6.45, 7) is 3.52. The molecule has 0 spiro atoms. The molecule has 0 aromatic rings. The number of aliphatic hydroxyl groups is 2. The van der Waals surface area contributed by atoms with Crippen LogP contribution in [0.2, 0.25) is 0 Å². The molecule has 94 valence electrons. The Morgan fingerprint density at radius 2 is 0.941 bits per heavy atom. The zero-order valence-corrected chi connectivity index (χ0v) is 11.1. The monoisotopic (exact) mass is 274 g/mol. The van der Waals surface area contributed by atoms with E-state index in [9.17, 15) is 0 Å². The molecule has 0 amide bonds. The minimum absolute atomic E-state index is 0. The average Bonchev–Trinajstić information content (AvgIpc) is 2.93. The van der Waals surface area contributed by atoms with Crippen molar-refractivity contribution in [3.05, 3.63) is 63.2 Å². The Morgan fingerprint density at radius 3 is 1.06 bits per heavy atom. The van der Waals surface area contributed by atoms with Gasteiger partial charge in [0, 0.05) is 28.9 Å². The molecule has 2 atom stereocenters. The molecule has 2 rings (SSSR count). The van der Waals surface area contributed by atoms with Gasteiger partial charge in [-0.1, -0.05) is 0 Å². The van der Waals surface area contributed by atoms with E-state index in [1.807, 2.05) is 51.4 Å². The first-order chi connectivity index (χ1) is 7.61. The van der Waals surface area contributed by atoms with Gasteiger partial charge in [-0.3, -0.25) is 0 Å². The molecule has 0 heterocycles. The first kappa shape index (κ1) is 17.4. The Morgan fingerprint density at radius 1 is 0.706 bits per heavy atom. The van der Waals surface area contributed by atoms with Crippen LogP contribution in [0.5, 0.6) is 0 Å². The zero-order chi connectivity index (χ0) is 12.0. The van der Waals surface area contributed by atoms with Crippen LogP contribution in [-0.2, 0) is 17.1 Å². The van der Waals surface area contributed by atoms with Gasteiger partial charge in [0.25, 0.3) is 0 Å². The van der Waals surface area contributed by atoms with Gasteiger partial charge in [0.2, 0.25) is 0 Å². The fourth-order valence-corrected chi connectivity index (χ4v) is 1.33. The fourth-order valence-electron chi connectivity index (χ4n) is 1.33. The number of rotatable bonds is 2. The molecule has 2 saturated carbocycles. The molecule has 0 aromatic heterocycles. The van der Waals surface area contributed by atoms with Crippen LogP contribution in [0, 0.1) is 63.2 Å². The van der Waals surface area contributed by atoms with Crippen molar-refractivity contribution < 1.29 is 27.3 Å². The second-order valence-electron chi connectivity index (χ2n) is 3.79. The molecule has 2 fully saturated rings. The SMILES string of the molecule is C[C@H](O)[C]1[CH][CH][CH][CH]1.C[C@H](O)[C]1[CH][CH][CH][CH]1.[Fe]. The van der Waals surface area contributed by atoms with Crippen LogP contribution in [0.15, 0.2) is 0 Å². The van der Waals surface area contributed by atoms with E-state index in [4.69, 9.17) is 10.2 Å². The zero-order valence-electron chi connectivity index (χ0n) is 10.0. The second kappa shape index (κ2) is 9.38. The van der Waals surface area contributed by atoms with Crippen LogP contribution < -0.4 is 0 Å². The van der Waals surface area contributed by atoms with Crippen LogP contribution in [0.4, 0.5) is 0 Å². The Kier molecular flexibility index (Phi) is 9.62. The van der Waals surface area contributed by atoms with Gasteiger partial charge in [0.15, 0.2) is 0 Å². The van der Waals surface area contributed by atoms with Gasteiger partial charge in [-0.15, -0.1) is 0 Å². The Bertz CT molecular complexity index is 151. The van der Waals surface area contributed by atoms with Crippen LogP contribution in [0.25, 0.3) is 0 Å². The van der Waals surface area contributed by atoms with Gasteiger partial charge >= 0.3 is 0 Å². The van der Waals surface area contributed by atoms with Crippen molar-refractivity contribution in [3.8, 4) is 0 Å². The van der Waals surface area contributed by atoms with Gasteiger partial charge in [-0.2, -0.15) is 0 Å². The maximum atomic E-state index is 8.91. The minimum Gasteiger partial charge on any atom is -0.393 e. The van der Waals surface area contributed by atoms with Crippen LogP contribution in [0.3, 0.4) is 0 Å². The summed E-state index contributed by atoms with van der Waals surface area (Å²) in [5, 5.41) is 17.8. The molecule has 0 unspecified atom stereocenters. The third kappa shape index (κ3) is 6.81. The predicted molar refractivity (Wildman–Crippen MR) is 64.2 cm³/mol. The maximum absolute atomic E-state index is 8.91. The number of hydrogen-bond donors (Lipinski definition) is 2. The fraction of sp³-hybridized carbons (Fsp3) is 0.286. The van der Waals surface area contributed by atoms with Crippen molar-refractivity contribution in [1.29, 1.82) is 0 Å². The summed E-state index contributed by atoms with van der Waals surface area (Å²) in [6, 6.07) is 0. The van der Waals surface area contributed by atoms with Crippen molar-refractivity contribution in [3.63, 3.8) is 0 Å². The standard InChI is InChI=1S/2C7H9O.Fe/c2*1-6(8)7-4-2-3-5-7;/h2*2-6,8H,1H3;/t2*6-;/m00./s1. The largest absolute Gasteiger partial charge is 0.393 e. The molecule has 0 aromatic carbocycles. The molecule has 2 aliphatic rings. The number of hydrogen-bond acceptors (Lipinski definition) is 2. The topological polar surface area (TPSA) is 40.5 Å². The molecular weight excluding hydrogens is 256 g/mol. The Labute approximate surface area is 117 Å². The molecule has 2 nitrogen and oxygen atoms in total. The smallest absolute Gasteiger partial charge is 0.0580 e. The van der Waals surface area contributed by atoms with Crippen LogP contribution in [0.1, 0.15) is 13.8 Å². The summed E-state index contributed by atoms with van der Waals surface area (Å²) in [5.41, 5.74) is 0. The van der Waals surface area contributed by atoms with Gasteiger partial charge in [-0.05, 0) is 65.2 Å². The van der Waals surface area contributed by atoms with Gasteiger partial charge < -0.3 is 10.2 Å². The predicted octanol–water partition coefficient (Wildman–Crippen LogP) is 1.54. The van der Waals surface area contributed by atoms with E-state index in [0.29, 0.717) is 0 Å². The summed E-state index contributed by atoms with van der Waals surface area (Å²) in [7, 11) is 0. The van der Waals surface area contributed by atoms with E-state index in [0.717, 1.165) is 11.8 Å². The molecule has 2 N–H and O–H groups in total. The third-order valence-electron chi connectivity index (χ3n) is 2.34. The summed E-state index contributed by atoms with van der Waals surface area (Å²) >= 11 is 0. The molecule has 0 bridgehead atoms. The Hall–Kier alpha value is 0.439. The van der Waals surface area contributed by atoms with Crippen LogP contribution in [-0.4, -0.2) is 22.4 Å². The van der Waals surface area contributed by atoms with Crippen molar-refractivity contribution >= 4 is 0 Å². The van der Waals surface area contributed by atoms with E-state index in [-0.39, 0.29) is 29.3 Å². The summed E-state index contributed by atoms with van der Waals surface area (Å²) < 4.78 is 0. The van der Waals surface area contributed by atoms with E-state index in [2.05, 4.69) is 0 Å². The van der Waals surface area contributed by atoms with Crippen LogP contribution >= 0.6 is 0 Å². The van der Waals surface area contributed by atoms with Crippen molar-refractivity contribution in [2.75, 3.05) is 0 Å². The van der Waals surface area contributed by atoms with Crippen molar-refractivity contribution in [1.82, 2.24) is 0 Å². The maximum Gasteiger partial charge on any atom is 0.0580 e. The normalized spacial score (nSPS) is 24.7. The molecule has 3 heteroatoms. The molecule has 10 radical (unpaired) electrons. The van der Waals surface area contributed by atoms with E-state index < -0.39 is 0 Å². The van der Waals surface area contributed by atoms with E-state index in [1.54, 1.807) is 13.8 Å². The van der Waals surface area contributed by atoms with Gasteiger partial charge in [0.05, 0.1) is 12.2 Å². The van der Waals surface area contributed by atoms with E-state index in [1.165, 1.54) is 0 Å². The molecule has 17 heavy (non-hydrogen) atoms. The van der Waals surface area contributed by atoms with Gasteiger partial charge in [0.1, 0.15) is 0 Å². The summed E-state index contributed by atoms with van der Waals surface area (Å²) in [5.74, 6) is 1.98. The summed E-state index contributed by atoms with van der Waals surface area (Å²) in [4.78, 5) is 0. The first-order valence-corrected chi connectivity index (χ1v) is 5.40. The molecule has 0 saturated heterocycles. The third-order valence-corrected chi connectivity index (χ3v) is 2.34. The minimum atomic E-state index is -0.315. The van der Waals surface area contributed by atoms with Crippen molar-refractivity contribution in [2.24, 2.45) is 0 Å². The summed E-state index contributed by atoms with van der Waals surface area (Å²) in [6.07, 6.45) is 14.7. The first-order valence-electron chi connectivity index (χ1n) is 5.40. The number of aliphatic hydroxyl groups excluding tert-OH is 2.